The molecule has 1 amide bonds. The van der Waals surface area contributed by atoms with Crippen LogP contribution in [-0.4, -0.2) is 36.7 Å². The molecule has 1 aliphatic heterocycles. The molecule has 26 heavy (non-hydrogen) atoms. The summed E-state index contributed by atoms with van der Waals surface area (Å²) < 4.78 is 13.5. The van der Waals surface area contributed by atoms with Crippen molar-refractivity contribution in [3.63, 3.8) is 0 Å². The molecule has 0 aliphatic carbocycles. The Morgan fingerprint density at radius 2 is 2.12 bits per heavy atom. The van der Waals surface area contributed by atoms with Crippen molar-refractivity contribution in [2.24, 2.45) is 5.10 Å². The van der Waals surface area contributed by atoms with E-state index in [4.69, 9.17) is 11.6 Å². The summed E-state index contributed by atoms with van der Waals surface area (Å²) in [6, 6.07) is 6.16. The van der Waals surface area contributed by atoms with Gasteiger partial charge in [0, 0.05) is 13.1 Å². The Morgan fingerprint density at radius 3 is 2.88 bits per heavy atom. The van der Waals surface area contributed by atoms with Gasteiger partial charge in [-0.3, -0.25) is 4.79 Å². The van der Waals surface area contributed by atoms with E-state index in [1.165, 1.54) is 30.0 Å². The Morgan fingerprint density at radius 1 is 1.35 bits per heavy atom. The summed E-state index contributed by atoms with van der Waals surface area (Å²) in [5.74, 6) is -0.799. The molecule has 0 atom stereocenters. The zero-order valence-corrected chi connectivity index (χ0v) is 15.6. The number of amides is 1. The van der Waals surface area contributed by atoms with Crippen LogP contribution >= 0.6 is 22.9 Å². The third kappa shape index (κ3) is 4.92. The van der Waals surface area contributed by atoms with Gasteiger partial charge >= 0.3 is 0 Å². The molecular formula is C17H19ClFN5OS. The maximum atomic E-state index is 13.5. The minimum Gasteiger partial charge on any atom is -0.374 e. The largest absolute Gasteiger partial charge is 0.374 e. The van der Waals surface area contributed by atoms with Gasteiger partial charge in [-0.2, -0.15) is 5.10 Å². The molecule has 1 fully saturated rings. The molecule has 0 unspecified atom stereocenters. The molecule has 1 aromatic carbocycles. The number of aromatic nitrogens is 1. The number of piperidine rings is 1. The maximum Gasteiger partial charge on any atom is 0.259 e. The molecule has 1 saturated heterocycles. The van der Waals surface area contributed by atoms with Crippen LogP contribution in [0.4, 0.5) is 15.2 Å². The predicted molar refractivity (Wildman–Crippen MR) is 104 cm³/mol. The van der Waals surface area contributed by atoms with Crippen molar-refractivity contribution in [3.05, 3.63) is 40.1 Å². The molecule has 1 aromatic heterocycles. The zero-order valence-electron chi connectivity index (χ0n) is 14.0. The highest BCUT2D eigenvalue weighted by Gasteiger charge is 2.16. The summed E-state index contributed by atoms with van der Waals surface area (Å²) in [4.78, 5) is 19.1. The third-order valence-electron chi connectivity index (χ3n) is 3.91. The number of halogens is 2. The van der Waals surface area contributed by atoms with Crippen LogP contribution in [0.5, 0.6) is 0 Å². The molecule has 138 valence electrons. The van der Waals surface area contributed by atoms with Crippen molar-refractivity contribution in [3.8, 4) is 0 Å². The Hall–Kier alpha value is -2.19. The molecule has 2 aromatic rings. The number of anilines is 2. The fourth-order valence-electron chi connectivity index (χ4n) is 2.58. The molecule has 2 N–H and O–H groups in total. The Bertz CT molecular complexity index is 791. The second kappa shape index (κ2) is 8.95. The monoisotopic (exact) mass is 395 g/mol. The SMILES string of the molecule is O=C(CNc1ccccc1F)N/N=C\c1sc(N2CCCCC2)nc1Cl. The minimum absolute atomic E-state index is 0.0896. The smallest absolute Gasteiger partial charge is 0.259 e. The van der Waals surface area contributed by atoms with Crippen molar-refractivity contribution >= 4 is 45.9 Å². The van der Waals surface area contributed by atoms with Crippen LogP contribution in [0.1, 0.15) is 24.1 Å². The van der Waals surface area contributed by atoms with E-state index in [9.17, 15) is 9.18 Å². The van der Waals surface area contributed by atoms with Gasteiger partial charge < -0.3 is 10.2 Å². The Balaban J connectivity index is 1.51. The standard InChI is InChI=1S/C17H19ClFN5OS/c18-16-14(26-17(22-16)24-8-4-1-5-9-24)10-21-23-15(25)11-20-13-7-3-2-6-12(13)19/h2-3,6-7,10,20H,1,4-5,8-9,11H2,(H,23,25)/b21-10-. The number of hydrazone groups is 1. The van der Waals surface area contributed by atoms with E-state index in [0.29, 0.717) is 10.0 Å². The number of para-hydroxylation sites is 1. The van der Waals surface area contributed by atoms with Crippen molar-refractivity contribution < 1.29 is 9.18 Å². The van der Waals surface area contributed by atoms with E-state index >= 15 is 0 Å². The van der Waals surface area contributed by atoms with Crippen LogP contribution in [-0.2, 0) is 4.79 Å². The average molecular weight is 396 g/mol. The van der Waals surface area contributed by atoms with Gasteiger partial charge in [0.15, 0.2) is 10.3 Å². The quantitative estimate of drug-likeness (QED) is 0.580. The van der Waals surface area contributed by atoms with Gasteiger partial charge in [0.25, 0.3) is 5.91 Å². The number of nitrogens with one attached hydrogen (secondary N) is 2. The van der Waals surface area contributed by atoms with Gasteiger partial charge in [-0.05, 0) is 31.4 Å². The molecule has 0 radical (unpaired) electrons. The summed E-state index contributed by atoms with van der Waals surface area (Å²) in [5.41, 5.74) is 2.66. The van der Waals surface area contributed by atoms with E-state index in [-0.39, 0.29) is 18.1 Å². The van der Waals surface area contributed by atoms with Gasteiger partial charge in [0.2, 0.25) is 0 Å². The number of hydrogen-bond acceptors (Lipinski definition) is 6. The Labute approximate surface area is 160 Å². The molecule has 6 nitrogen and oxygen atoms in total. The summed E-state index contributed by atoms with van der Waals surface area (Å²) in [6.45, 7) is 1.88. The van der Waals surface area contributed by atoms with E-state index in [0.717, 1.165) is 31.1 Å². The van der Waals surface area contributed by atoms with Crippen LogP contribution in [0.15, 0.2) is 29.4 Å². The zero-order chi connectivity index (χ0) is 18.4. The normalized spacial score (nSPS) is 14.6. The number of benzene rings is 1. The van der Waals surface area contributed by atoms with Crippen LogP contribution in [0, 0.1) is 5.82 Å². The summed E-state index contributed by atoms with van der Waals surface area (Å²) in [5, 5.41) is 7.87. The first-order valence-electron chi connectivity index (χ1n) is 8.35. The Kier molecular flexibility index (Phi) is 6.40. The van der Waals surface area contributed by atoms with Crippen LogP contribution in [0.25, 0.3) is 0 Å². The third-order valence-corrected chi connectivity index (χ3v) is 5.36. The fourth-order valence-corrected chi connectivity index (χ4v) is 3.76. The lowest BCUT2D eigenvalue weighted by Gasteiger charge is -2.25. The lowest BCUT2D eigenvalue weighted by atomic mass is 10.1. The van der Waals surface area contributed by atoms with Gasteiger partial charge in [0.05, 0.1) is 23.3 Å². The summed E-state index contributed by atoms with van der Waals surface area (Å²) in [6.07, 6.45) is 5.04. The topological polar surface area (TPSA) is 69.6 Å². The number of carbonyl (C=O) groups is 1. The highest BCUT2D eigenvalue weighted by molar-refractivity contribution is 7.17. The van der Waals surface area contributed by atoms with E-state index in [2.05, 4.69) is 25.7 Å². The summed E-state index contributed by atoms with van der Waals surface area (Å²) in [7, 11) is 0. The van der Waals surface area contributed by atoms with Crippen molar-refractivity contribution in [1.29, 1.82) is 0 Å². The average Bonchev–Trinajstić information content (AvgIpc) is 3.03. The first-order valence-corrected chi connectivity index (χ1v) is 9.54. The van der Waals surface area contributed by atoms with Crippen LogP contribution in [0.3, 0.4) is 0 Å². The first-order chi connectivity index (χ1) is 12.6. The molecule has 1 aliphatic rings. The molecule has 0 spiro atoms. The van der Waals surface area contributed by atoms with Gasteiger partial charge in [-0.15, -0.1) is 0 Å². The lowest BCUT2D eigenvalue weighted by molar-refractivity contribution is -0.119. The maximum absolute atomic E-state index is 13.5. The van der Waals surface area contributed by atoms with E-state index in [1.54, 1.807) is 18.2 Å². The number of nitrogens with zero attached hydrogens (tertiary/aromatic N) is 3. The summed E-state index contributed by atoms with van der Waals surface area (Å²) >= 11 is 7.60. The number of hydrogen-bond donors (Lipinski definition) is 2. The van der Waals surface area contributed by atoms with Gasteiger partial charge in [0.1, 0.15) is 5.82 Å². The first kappa shape index (κ1) is 18.6. The number of carbonyl (C=O) groups excluding carboxylic acids is 1. The number of thiazole rings is 1. The van der Waals surface area contributed by atoms with Crippen molar-refractivity contribution in [1.82, 2.24) is 10.4 Å². The van der Waals surface area contributed by atoms with Crippen molar-refractivity contribution in [2.45, 2.75) is 19.3 Å². The lowest BCUT2D eigenvalue weighted by Crippen LogP contribution is -2.29. The fraction of sp³-hybridized carbons (Fsp3) is 0.353. The highest BCUT2D eigenvalue weighted by atomic mass is 35.5. The molecular weight excluding hydrogens is 377 g/mol. The number of rotatable bonds is 6. The van der Waals surface area contributed by atoms with Crippen molar-refractivity contribution in [2.75, 3.05) is 29.9 Å². The molecule has 3 rings (SSSR count). The molecule has 9 heteroatoms. The highest BCUT2D eigenvalue weighted by Crippen LogP contribution is 2.30. The van der Waals surface area contributed by atoms with E-state index < -0.39 is 5.82 Å². The van der Waals surface area contributed by atoms with Crippen LogP contribution in [0.2, 0.25) is 5.15 Å². The van der Waals surface area contributed by atoms with Gasteiger partial charge in [-0.25, -0.2) is 14.8 Å². The minimum atomic E-state index is -0.412. The van der Waals surface area contributed by atoms with Gasteiger partial charge in [-0.1, -0.05) is 35.1 Å². The van der Waals surface area contributed by atoms with E-state index in [1.807, 2.05) is 0 Å². The predicted octanol–water partition coefficient (Wildman–Crippen LogP) is 3.49. The second-order valence-electron chi connectivity index (χ2n) is 5.83. The molecule has 2 heterocycles. The molecule has 0 bridgehead atoms. The van der Waals surface area contributed by atoms with Crippen LogP contribution < -0.4 is 15.6 Å². The second-order valence-corrected chi connectivity index (χ2v) is 7.19. The molecule has 0 saturated carbocycles.